The largest absolute Gasteiger partial charge is 0.489 e. The standard InChI is InChI=1S/C10H11N3O3/c1-5(2)16-6-3-4-11-8-7(6)12-9(14)10(15)13-8/h3-5H,1-2H3,(H,12,14)(H,11,13,15). The van der Waals surface area contributed by atoms with Crippen molar-refractivity contribution >= 4 is 11.2 Å². The SMILES string of the molecule is CC(C)Oc1ccnc2[nH]c(=O)c(=O)[nH]c12. The first kappa shape index (κ1) is 10.4. The Morgan fingerprint density at radius 1 is 1.25 bits per heavy atom. The van der Waals surface area contributed by atoms with Gasteiger partial charge in [-0.1, -0.05) is 0 Å². The molecule has 0 spiro atoms. The van der Waals surface area contributed by atoms with Crippen LogP contribution in [0.4, 0.5) is 0 Å². The maximum atomic E-state index is 11.2. The summed E-state index contributed by atoms with van der Waals surface area (Å²) in [6.45, 7) is 3.74. The summed E-state index contributed by atoms with van der Waals surface area (Å²) in [4.78, 5) is 31.0. The number of aromatic nitrogens is 3. The second-order valence-electron chi connectivity index (χ2n) is 3.61. The van der Waals surface area contributed by atoms with E-state index in [4.69, 9.17) is 4.74 Å². The van der Waals surface area contributed by atoms with Crippen molar-refractivity contribution in [1.29, 1.82) is 0 Å². The second-order valence-corrected chi connectivity index (χ2v) is 3.61. The predicted octanol–water partition coefficient (Wildman–Crippen LogP) is 0.399. The zero-order chi connectivity index (χ0) is 11.7. The Balaban J connectivity index is 2.72. The molecule has 0 fully saturated rings. The molecule has 0 unspecified atom stereocenters. The Bertz CT molecular complexity index is 627. The van der Waals surface area contributed by atoms with E-state index in [1.807, 2.05) is 13.8 Å². The number of fused-ring (bicyclic) bond motifs is 1. The molecule has 2 rings (SSSR count). The molecule has 0 radical (unpaired) electrons. The molecular weight excluding hydrogens is 210 g/mol. The summed E-state index contributed by atoms with van der Waals surface area (Å²) in [5.41, 5.74) is -0.723. The minimum atomic E-state index is -0.721. The molecule has 0 amide bonds. The van der Waals surface area contributed by atoms with Gasteiger partial charge in [-0.25, -0.2) is 4.98 Å². The quantitative estimate of drug-likeness (QED) is 0.718. The Hall–Kier alpha value is -2.11. The molecule has 2 aromatic heterocycles. The van der Waals surface area contributed by atoms with Gasteiger partial charge in [0, 0.05) is 12.3 Å². The number of nitrogens with zero attached hydrogens (tertiary/aromatic N) is 1. The fourth-order valence-electron chi connectivity index (χ4n) is 1.35. The summed E-state index contributed by atoms with van der Waals surface area (Å²) >= 11 is 0. The molecule has 2 heterocycles. The third kappa shape index (κ3) is 1.81. The third-order valence-electron chi connectivity index (χ3n) is 1.95. The van der Waals surface area contributed by atoms with E-state index in [0.717, 1.165) is 0 Å². The van der Waals surface area contributed by atoms with E-state index >= 15 is 0 Å². The highest BCUT2D eigenvalue weighted by atomic mass is 16.5. The lowest BCUT2D eigenvalue weighted by Gasteiger charge is -2.10. The number of nitrogens with one attached hydrogen (secondary N) is 2. The lowest BCUT2D eigenvalue weighted by Crippen LogP contribution is -2.29. The fourth-order valence-corrected chi connectivity index (χ4v) is 1.35. The Morgan fingerprint density at radius 2 is 1.94 bits per heavy atom. The third-order valence-corrected chi connectivity index (χ3v) is 1.95. The smallest absolute Gasteiger partial charge is 0.315 e. The van der Waals surface area contributed by atoms with Crippen LogP contribution in [0.2, 0.25) is 0 Å². The molecule has 6 nitrogen and oxygen atoms in total. The molecule has 16 heavy (non-hydrogen) atoms. The zero-order valence-corrected chi connectivity index (χ0v) is 8.90. The summed E-state index contributed by atoms with van der Waals surface area (Å²) in [5.74, 6) is 0.494. The van der Waals surface area contributed by atoms with Crippen LogP contribution in [0.1, 0.15) is 13.8 Å². The number of pyridine rings is 1. The van der Waals surface area contributed by atoms with E-state index in [0.29, 0.717) is 16.9 Å². The molecule has 0 aliphatic carbocycles. The first-order valence-electron chi connectivity index (χ1n) is 4.86. The van der Waals surface area contributed by atoms with Crippen LogP contribution in [-0.4, -0.2) is 21.1 Å². The number of H-pyrrole nitrogens is 2. The maximum absolute atomic E-state index is 11.2. The van der Waals surface area contributed by atoms with Crippen molar-refractivity contribution < 1.29 is 4.74 Å². The molecule has 0 aliphatic heterocycles. The second kappa shape index (κ2) is 3.80. The van der Waals surface area contributed by atoms with Crippen LogP contribution in [0, 0.1) is 0 Å². The average Bonchev–Trinajstić information content (AvgIpc) is 2.20. The van der Waals surface area contributed by atoms with Crippen LogP contribution >= 0.6 is 0 Å². The lowest BCUT2D eigenvalue weighted by atomic mass is 10.3. The van der Waals surface area contributed by atoms with E-state index in [2.05, 4.69) is 15.0 Å². The van der Waals surface area contributed by atoms with Gasteiger partial charge in [0.25, 0.3) is 0 Å². The van der Waals surface area contributed by atoms with Crippen LogP contribution in [0.3, 0.4) is 0 Å². The Kier molecular flexibility index (Phi) is 2.47. The first-order valence-corrected chi connectivity index (χ1v) is 4.86. The van der Waals surface area contributed by atoms with Crippen molar-refractivity contribution in [2.24, 2.45) is 0 Å². The van der Waals surface area contributed by atoms with Gasteiger partial charge in [0.2, 0.25) is 0 Å². The summed E-state index contributed by atoms with van der Waals surface area (Å²) in [6.07, 6.45) is 1.48. The van der Waals surface area contributed by atoms with Gasteiger partial charge in [0.1, 0.15) is 11.3 Å². The molecule has 0 aliphatic rings. The van der Waals surface area contributed by atoms with Gasteiger partial charge in [-0.2, -0.15) is 0 Å². The van der Waals surface area contributed by atoms with E-state index in [1.165, 1.54) is 6.20 Å². The number of hydrogen-bond donors (Lipinski definition) is 2. The Morgan fingerprint density at radius 3 is 2.62 bits per heavy atom. The van der Waals surface area contributed by atoms with Crippen LogP contribution in [-0.2, 0) is 0 Å². The maximum Gasteiger partial charge on any atom is 0.315 e. The van der Waals surface area contributed by atoms with Crippen molar-refractivity contribution in [2.45, 2.75) is 20.0 Å². The molecule has 0 saturated heterocycles. The molecule has 84 valence electrons. The Labute approximate surface area is 90.3 Å². The number of aromatic amines is 2. The summed E-state index contributed by atoms with van der Waals surface area (Å²) < 4.78 is 5.49. The van der Waals surface area contributed by atoms with Crippen molar-refractivity contribution in [3.05, 3.63) is 33.0 Å². The summed E-state index contributed by atoms with van der Waals surface area (Å²) in [6, 6.07) is 1.64. The molecule has 6 heteroatoms. The fraction of sp³-hybridized carbons (Fsp3) is 0.300. The van der Waals surface area contributed by atoms with Gasteiger partial charge in [0.15, 0.2) is 5.65 Å². The van der Waals surface area contributed by atoms with Gasteiger partial charge in [-0.05, 0) is 13.8 Å². The van der Waals surface area contributed by atoms with Crippen LogP contribution in [0.5, 0.6) is 5.75 Å². The van der Waals surface area contributed by atoms with Gasteiger partial charge in [-0.15, -0.1) is 0 Å². The topological polar surface area (TPSA) is 87.8 Å². The van der Waals surface area contributed by atoms with Gasteiger partial charge < -0.3 is 14.7 Å². The predicted molar refractivity (Wildman–Crippen MR) is 58.7 cm³/mol. The number of hydrogen-bond acceptors (Lipinski definition) is 4. The minimum Gasteiger partial charge on any atom is -0.489 e. The molecule has 2 aromatic rings. The molecule has 2 N–H and O–H groups in total. The van der Waals surface area contributed by atoms with Crippen LogP contribution in [0.15, 0.2) is 21.9 Å². The molecular formula is C10H11N3O3. The van der Waals surface area contributed by atoms with E-state index in [1.54, 1.807) is 6.07 Å². The summed E-state index contributed by atoms with van der Waals surface area (Å²) in [7, 11) is 0. The molecule has 0 aromatic carbocycles. The van der Waals surface area contributed by atoms with Gasteiger partial charge >= 0.3 is 11.1 Å². The van der Waals surface area contributed by atoms with Crippen molar-refractivity contribution in [1.82, 2.24) is 15.0 Å². The van der Waals surface area contributed by atoms with E-state index in [9.17, 15) is 9.59 Å². The normalized spacial score (nSPS) is 10.9. The zero-order valence-electron chi connectivity index (χ0n) is 8.90. The molecule has 0 bridgehead atoms. The monoisotopic (exact) mass is 221 g/mol. The van der Waals surface area contributed by atoms with Crippen LogP contribution in [0.25, 0.3) is 11.2 Å². The van der Waals surface area contributed by atoms with Crippen molar-refractivity contribution in [3.63, 3.8) is 0 Å². The number of rotatable bonds is 2. The van der Waals surface area contributed by atoms with E-state index in [-0.39, 0.29) is 6.10 Å². The summed E-state index contributed by atoms with van der Waals surface area (Å²) in [5, 5.41) is 0. The molecule has 0 saturated carbocycles. The average molecular weight is 221 g/mol. The lowest BCUT2D eigenvalue weighted by molar-refractivity contribution is 0.245. The molecule has 0 atom stereocenters. The highest BCUT2D eigenvalue weighted by Crippen LogP contribution is 2.19. The van der Waals surface area contributed by atoms with Crippen LogP contribution < -0.4 is 15.9 Å². The van der Waals surface area contributed by atoms with Gasteiger partial charge in [-0.3, -0.25) is 9.59 Å². The highest BCUT2D eigenvalue weighted by molar-refractivity contribution is 5.76. The van der Waals surface area contributed by atoms with Crippen molar-refractivity contribution in [2.75, 3.05) is 0 Å². The first-order chi connectivity index (χ1) is 7.58. The highest BCUT2D eigenvalue weighted by Gasteiger charge is 2.07. The van der Waals surface area contributed by atoms with Gasteiger partial charge in [0.05, 0.1) is 6.10 Å². The van der Waals surface area contributed by atoms with E-state index < -0.39 is 11.1 Å². The number of ether oxygens (including phenoxy) is 1. The minimum absolute atomic E-state index is 0.0268. The van der Waals surface area contributed by atoms with Crippen molar-refractivity contribution in [3.8, 4) is 5.75 Å².